The molecule has 0 atom stereocenters. The van der Waals surface area contributed by atoms with Crippen LogP contribution in [0.15, 0.2) is 12.1 Å². The molecule has 0 fully saturated rings. The van der Waals surface area contributed by atoms with E-state index in [-0.39, 0.29) is 12.0 Å². The van der Waals surface area contributed by atoms with Crippen molar-refractivity contribution in [2.75, 3.05) is 0 Å². The average molecular weight is 192 g/mol. The highest BCUT2D eigenvalue weighted by molar-refractivity contribution is 5.42. The summed E-state index contributed by atoms with van der Waals surface area (Å²) in [5, 5.41) is 9.39. The summed E-state index contributed by atoms with van der Waals surface area (Å²) in [5.41, 5.74) is 4.93. The fourth-order valence-electron chi connectivity index (χ4n) is 1.78. The Bertz CT molecular complexity index is 332. The molecule has 0 aliphatic carbocycles. The molecule has 0 aliphatic heterocycles. The Morgan fingerprint density at radius 3 is 2.14 bits per heavy atom. The van der Waals surface area contributed by atoms with Gasteiger partial charge in [0.25, 0.3) is 0 Å². The zero-order chi connectivity index (χ0) is 10.9. The Morgan fingerprint density at radius 1 is 1.14 bits per heavy atom. The summed E-state index contributed by atoms with van der Waals surface area (Å²) in [4.78, 5) is 0. The average Bonchev–Trinajstić information content (AvgIpc) is 2.07. The SMILES string of the molecule is Cc1ccc(C(C)(C)C)c(CO)c1C. The van der Waals surface area contributed by atoms with Gasteiger partial charge in [-0.2, -0.15) is 0 Å². The smallest absolute Gasteiger partial charge is 0.0687 e. The molecular formula is C13H20O. The minimum absolute atomic E-state index is 0.108. The van der Waals surface area contributed by atoms with Crippen LogP contribution in [0.25, 0.3) is 0 Å². The summed E-state index contributed by atoms with van der Waals surface area (Å²) in [7, 11) is 0. The number of aliphatic hydroxyl groups is 1. The van der Waals surface area contributed by atoms with Crippen LogP contribution in [0.4, 0.5) is 0 Å². The molecule has 78 valence electrons. The number of hydrogen-bond donors (Lipinski definition) is 1. The Balaban J connectivity index is 3.39. The Kier molecular flexibility index (Phi) is 3.01. The van der Waals surface area contributed by atoms with Gasteiger partial charge in [-0.05, 0) is 41.5 Å². The van der Waals surface area contributed by atoms with E-state index in [2.05, 4.69) is 46.8 Å². The van der Waals surface area contributed by atoms with E-state index in [1.54, 1.807) is 0 Å². The monoisotopic (exact) mass is 192 g/mol. The van der Waals surface area contributed by atoms with E-state index in [1.807, 2.05) is 0 Å². The number of hydrogen-bond acceptors (Lipinski definition) is 1. The van der Waals surface area contributed by atoms with Gasteiger partial charge in [-0.1, -0.05) is 32.9 Å². The minimum Gasteiger partial charge on any atom is -0.392 e. The molecule has 1 rings (SSSR count). The second-order valence-electron chi connectivity index (χ2n) is 4.94. The summed E-state index contributed by atoms with van der Waals surface area (Å²) >= 11 is 0. The van der Waals surface area contributed by atoms with Crippen molar-refractivity contribution in [3.8, 4) is 0 Å². The lowest BCUT2D eigenvalue weighted by Gasteiger charge is -2.24. The van der Waals surface area contributed by atoms with Gasteiger partial charge in [0, 0.05) is 0 Å². The van der Waals surface area contributed by atoms with Crippen LogP contribution in [0, 0.1) is 13.8 Å². The van der Waals surface area contributed by atoms with Crippen molar-refractivity contribution in [3.05, 3.63) is 34.4 Å². The predicted octanol–water partition coefficient (Wildman–Crippen LogP) is 3.09. The quantitative estimate of drug-likeness (QED) is 0.725. The second kappa shape index (κ2) is 3.74. The topological polar surface area (TPSA) is 20.2 Å². The molecule has 0 saturated carbocycles. The van der Waals surface area contributed by atoms with Gasteiger partial charge in [0.05, 0.1) is 6.61 Å². The van der Waals surface area contributed by atoms with Gasteiger partial charge in [0.15, 0.2) is 0 Å². The van der Waals surface area contributed by atoms with Crippen molar-refractivity contribution in [2.45, 2.75) is 46.6 Å². The first-order valence-corrected chi connectivity index (χ1v) is 5.08. The Morgan fingerprint density at radius 2 is 1.71 bits per heavy atom. The van der Waals surface area contributed by atoms with E-state index in [0.717, 1.165) is 5.56 Å². The fraction of sp³-hybridized carbons (Fsp3) is 0.538. The number of aliphatic hydroxyl groups excluding tert-OH is 1. The van der Waals surface area contributed by atoms with E-state index in [4.69, 9.17) is 0 Å². The fourth-order valence-corrected chi connectivity index (χ4v) is 1.78. The molecule has 0 bridgehead atoms. The standard InChI is InChI=1S/C13H20O/c1-9-6-7-12(13(3,4)5)11(8-14)10(9)2/h6-7,14H,8H2,1-5H3. The van der Waals surface area contributed by atoms with Gasteiger partial charge < -0.3 is 5.11 Å². The maximum absolute atomic E-state index is 9.39. The third-order valence-electron chi connectivity index (χ3n) is 2.84. The molecule has 1 aromatic carbocycles. The number of benzene rings is 1. The first-order chi connectivity index (χ1) is 6.38. The lowest BCUT2D eigenvalue weighted by atomic mass is 9.81. The van der Waals surface area contributed by atoms with Crippen molar-refractivity contribution in [1.29, 1.82) is 0 Å². The molecule has 1 N–H and O–H groups in total. The molecular weight excluding hydrogens is 172 g/mol. The van der Waals surface area contributed by atoms with Crippen LogP contribution in [-0.4, -0.2) is 5.11 Å². The molecule has 0 aliphatic rings. The summed E-state index contributed by atoms with van der Waals surface area (Å²) in [6.07, 6.45) is 0. The molecule has 0 amide bonds. The van der Waals surface area contributed by atoms with E-state index < -0.39 is 0 Å². The predicted molar refractivity (Wildman–Crippen MR) is 60.5 cm³/mol. The zero-order valence-electron chi connectivity index (χ0n) is 9.81. The molecule has 0 radical (unpaired) electrons. The van der Waals surface area contributed by atoms with Crippen LogP contribution in [0.5, 0.6) is 0 Å². The highest BCUT2D eigenvalue weighted by Gasteiger charge is 2.19. The maximum Gasteiger partial charge on any atom is 0.0687 e. The lowest BCUT2D eigenvalue weighted by molar-refractivity contribution is 0.277. The van der Waals surface area contributed by atoms with Crippen molar-refractivity contribution >= 4 is 0 Å². The summed E-state index contributed by atoms with van der Waals surface area (Å²) in [5.74, 6) is 0. The second-order valence-corrected chi connectivity index (χ2v) is 4.94. The van der Waals surface area contributed by atoms with E-state index in [0.29, 0.717) is 0 Å². The zero-order valence-corrected chi connectivity index (χ0v) is 9.81. The maximum atomic E-state index is 9.39. The number of aryl methyl sites for hydroxylation is 1. The summed E-state index contributed by atoms with van der Waals surface area (Å²) in [6, 6.07) is 4.27. The molecule has 1 heteroatoms. The molecule has 14 heavy (non-hydrogen) atoms. The molecule has 1 nitrogen and oxygen atoms in total. The molecule has 1 aromatic rings. The van der Waals surface area contributed by atoms with Crippen LogP contribution < -0.4 is 0 Å². The van der Waals surface area contributed by atoms with Gasteiger partial charge in [0.2, 0.25) is 0 Å². The van der Waals surface area contributed by atoms with E-state index in [1.165, 1.54) is 16.7 Å². The van der Waals surface area contributed by atoms with Gasteiger partial charge in [-0.25, -0.2) is 0 Å². The van der Waals surface area contributed by atoms with Crippen molar-refractivity contribution in [1.82, 2.24) is 0 Å². The highest BCUT2D eigenvalue weighted by Crippen LogP contribution is 2.29. The number of rotatable bonds is 1. The third kappa shape index (κ3) is 1.98. The van der Waals surface area contributed by atoms with E-state index >= 15 is 0 Å². The first-order valence-electron chi connectivity index (χ1n) is 5.08. The Hall–Kier alpha value is -0.820. The summed E-state index contributed by atoms with van der Waals surface area (Å²) in [6.45, 7) is 10.8. The van der Waals surface area contributed by atoms with Gasteiger partial charge in [0.1, 0.15) is 0 Å². The molecule has 0 aromatic heterocycles. The minimum atomic E-state index is 0.108. The van der Waals surface area contributed by atoms with Gasteiger partial charge >= 0.3 is 0 Å². The first kappa shape index (κ1) is 11.3. The molecule has 0 saturated heterocycles. The lowest BCUT2D eigenvalue weighted by Crippen LogP contribution is -2.15. The summed E-state index contributed by atoms with van der Waals surface area (Å²) < 4.78 is 0. The van der Waals surface area contributed by atoms with Crippen LogP contribution >= 0.6 is 0 Å². The van der Waals surface area contributed by atoms with E-state index in [9.17, 15) is 5.11 Å². The normalized spacial score (nSPS) is 11.9. The molecule has 0 unspecified atom stereocenters. The largest absolute Gasteiger partial charge is 0.392 e. The van der Waals surface area contributed by atoms with Crippen molar-refractivity contribution < 1.29 is 5.11 Å². The van der Waals surface area contributed by atoms with Crippen molar-refractivity contribution in [2.24, 2.45) is 0 Å². The van der Waals surface area contributed by atoms with Crippen LogP contribution in [0.3, 0.4) is 0 Å². The molecule has 0 spiro atoms. The highest BCUT2D eigenvalue weighted by atomic mass is 16.3. The van der Waals surface area contributed by atoms with Crippen LogP contribution in [-0.2, 0) is 12.0 Å². The van der Waals surface area contributed by atoms with Gasteiger partial charge in [-0.3, -0.25) is 0 Å². The van der Waals surface area contributed by atoms with Crippen LogP contribution in [0.2, 0.25) is 0 Å². The molecule has 0 heterocycles. The Labute approximate surface area is 86.8 Å². The van der Waals surface area contributed by atoms with Gasteiger partial charge in [-0.15, -0.1) is 0 Å². The van der Waals surface area contributed by atoms with Crippen LogP contribution in [0.1, 0.15) is 43.0 Å². The van der Waals surface area contributed by atoms with Crippen molar-refractivity contribution in [3.63, 3.8) is 0 Å². The third-order valence-corrected chi connectivity index (χ3v) is 2.84.